The highest BCUT2D eigenvalue weighted by atomic mass is 32.2. The largest absolute Gasteiger partial charge is 0.460 e. The highest BCUT2D eigenvalue weighted by Gasteiger charge is 2.47. The fourth-order valence-corrected chi connectivity index (χ4v) is 3.14. The summed E-state index contributed by atoms with van der Waals surface area (Å²) in [5.41, 5.74) is 1.32. The van der Waals surface area contributed by atoms with Gasteiger partial charge in [-0.15, -0.1) is 0 Å². The van der Waals surface area contributed by atoms with Gasteiger partial charge in [-0.25, -0.2) is 0 Å². The molecule has 1 aliphatic rings. The molecule has 1 fully saturated rings. The summed E-state index contributed by atoms with van der Waals surface area (Å²) in [6.45, 7) is 7.40. The normalized spacial score (nSPS) is 21.5. The summed E-state index contributed by atoms with van der Waals surface area (Å²) in [6.07, 6.45) is 0.687. The van der Waals surface area contributed by atoms with Gasteiger partial charge >= 0.3 is 5.97 Å². The Bertz CT molecular complexity index is 685. The number of benzene rings is 1. The molecule has 1 saturated carbocycles. The van der Waals surface area contributed by atoms with Crippen molar-refractivity contribution in [2.24, 2.45) is 5.92 Å². The summed E-state index contributed by atoms with van der Waals surface area (Å²) < 4.78 is 33.5. The van der Waals surface area contributed by atoms with E-state index in [9.17, 15) is 13.2 Å². The van der Waals surface area contributed by atoms with Crippen molar-refractivity contribution >= 4 is 16.1 Å². The Balaban J connectivity index is 2.22. The molecule has 0 amide bonds. The Hall–Kier alpha value is -1.40. The van der Waals surface area contributed by atoms with Crippen molar-refractivity contribution < 1.29 is 22.1 Å². The molecule has 0 unspecified atom stereocenters. The van der Waals surface area contributed by atoms with E-state index in [-0.39, 0.29) is 22.7 Å². The van der Waals surface area contributed by atoms with E-state index in [1.165, 1.54) is 6.07 Å². The van der Waals surface area contributed by atoms with Crippen molar-refractivity contribution in [2.45, 2.75) is 50.5 Å². The van der Waals surface area contributed by atoms with Gasteiger partial charge in [0.1, 0.15) is 5.60 Å². The summed E-state index contributed by atoms with van der Waals surface area (Å²) >= 11 is 0. The van der Waals surface area contributed by atoms with Crippen LogP contribution in [0.25, 0.3) is 0 Å². The van der Waals surface area contributed by atoms with E-state index in [1.54, 1.807) is 12.1 Å². The molecule has 5 nitrogen and oxygen atoms in total. The number of aryl methyl sites for hydroxylation is 1. The van der Waals surface area contributed by atoms with Crippen LogP contribution in [-0.4, -0.2) is 27.1 Å². The monoisotopic (exact) mass is 326 g/mol. The van der Waals surface area contributed by atoms with Crippen LogP contribution in [-0.2, 0) is 23.8 Å². The van der Waals surface area contributed by atoms with E-state index in [1.807, 2.05) is 27.7 Å². The highest BCUT2D eigenvalue weighted by molar-refractivity contribution is 7.86. The number of hydrogen-bond donors (Lipinski definition) is 0. The van der Waals surface area contributed by atoms with Gasteiger partial charge in [-0.05, 0) is 63.3 Å². The van der Waals surface area contributed by atoms with Crippen molar-refractivity contribution in [3.63, 3.8) is 0 Å². The van der Waals surface area contributed by atoms with E-state index >= 15 is 0 Å². The molecule has 2 rings (SSSR count). The zero-order chi connectivity index (χ0) is 16.7. The van der Waals surface area contributed by atoms with Crippen LogP contribution in [0.2, 0.25) is 0 Å². The average molecular weight is 326 g/mol. The number of carbonyl (C=O) groups excluding carboxylic acids is 1. The predicted molar refractivity (Wildman–Crippen MR) is 82.1 cm³/mol. The van der Waals surface area contributed by atoms with E-state index in [0.29, 0.717) is 6.42 Å². The molecule has 0 saturated heterocycles. The Labute approximate surface area is 131 Å². The fraction of sp³-hybridized carbons (Fsp3) is 0.562. The molecule has 0 spiro atoms. The first-order valence-corrected chi connectivity index (χ1v) is 8.60. The molecule has 0 bridgehead atoms. The molecule has 0 aromatic heterocycles. The quantitative estimate of drug-likeness (QED) is 0.628. The molecular weight excluding hydrogens is 304 g/mol. The molecule has 0 radical (unpaired) electrons. The predicted octanol–water partition coefficient (Wildman–Crippen LogP) is 2.78. The van der Waals surface area contributed by atoms with Crippen LogP contribution in [0.15, 0.2) is 23.1 Å². The molecule has 22 heavy (non-hydrogen) atoms. The summed E-state index contributed by atoms with van der Waals surface area (Å²) in [6, 6.07) is 4.86. The average Bonchev–Trinajstić information content (AvgIpc) is 3.17. The number of esters is 1. The molecule has 0 aliphatic heterocycles. The SMILES string of the molecule is COS(=O)(=O)c1ccc(C)c([C@@H]2C[C@H]2C(=O)OC(C)(C)C)c1. The topological polar surface area (TPSA) is 69.7 Å². The zero-order valence-corrected chi connectivity index (χ0v) is 14.4. The Morgan fingerprint density at radius 3 is 2.45 bits per heavy atom. The van der Waals surface area contributed by atoms with Gasteiger partial charge in [0.2, 0.25) is 0 Å². The van der Waals surface area contributed by atoms with Gasteiger partial charge in [0.15, 0.2) is 0 Å². The molecular formula is C16H22O5S. The Kier molecular flexibility index (Phi) is 4.37. The number of carbonyl (C=O) groups is 1. The number of ether oxygens (including phenoxy) is 1. The summed E-state index contributed by atoms with van der Waals surface area (Å²) in [7, 11) is -2.59. The third-order valence-electron chi connectivity index (χ3n) is 3.66. The molecule has 122 valence electrons. The first-order valence-electron chi connectivity index (χ1n) is 7.19. The lowest BCUT2D eigenvalue weighted by molar-refractivity contribution is -0.156. The van der Waals surface area contributed by atoms with Crippen molar-refractivity contribution in [3.8, 4) is 0 Å². The van der Waals surface area contributed by atoms with Crippen molar-refractivity contribution in [2.75, 3.05) is 7.11 Å². The molecule has 1 aromatic carbocycles. The van der Waals surface area contributed by atoms with Gasteiger partial charge in [-0.1, -0.05) is 6.07 Å². The van der Waals surface area contributed by atoms with Gasteiger partial charge < -0.3 is 4.74 Å². The highest BCUT2D eigenvalue weighted by Crippen LogP contribution is 2.50. The summed E-state index contributed by atoms with van der Waals surface area (Å²) in [4.78, 5) is 12.2. The van der Waals surface area contributed by atoms with Gasteiger partial charge in [-0.3, -0.25) is 8.98 Å². The summed E-state index contributed by atoms with van der Waals surface area (Å²) in [5, 5.41) is 0. The minimum atomic E-state index is -3.73. The van der Waals surface area contributed by atoms with Gasteiger partial charge in [0.05, 0.1) is 17.9 Å². The van der Waals surface area contributed by atoms with Crippen LogP contribution in [0.5, 0.6) is 0 Å². The van der Waals surface area contributed by atoms with Gasteiger partial charge in [0, 0.05) is 0 Å². The first-order chi connectivity index (χ1) is 10.0. The minimum absolute atomic E-state index is 0.0156. The maximum absolute atomic E-state index is 12.1. The van der Waals surface area contributed by atoms with Crippen LogP contribution in [0.1, 0.15) is 44.2 Å². The zero-order valence-electron chi connectivity index (χ0n) is 13.5. The van der Waals surface area contributed by atoms with Crippen molar-refractivity contribution in [3.05, 3.63) is 29.3 Å². The third kappa shape index (κ3) is 3.67. The number of rotatable bonds is 4. The lowest BCUT2D eigenvalue weighted by atomic mass is 10.0. The second kappa shape index (κ2) is 5.66. The number of hydrogen-bond acceptors (Lipinski definition) is 5. The maximum atomic E-state index is 12.1. The Morgan fingerprint density at radius 2 is 1.91 bits per heavy atom. The fourth-order valence-electron chi connectivity index (χ4n) is 2.45. The standard InChI is InChI=1S/C16H22O5S/c1-10-6-7-11(22(18,19)20-5)8-12(10)13-9-14(13)15(17)21-16(2,3)4/h6-8,13-14H,9H2,1-5H3/t13-,14+/m0/s1. The lowest BCUT2D eigenvalue weighted by Gasteiger charge is -2.19. The molecule has 0 N–H and O–H groups in total. The van der Waals surface area contributed by atoms with Gasteiger partial charge in [-0.2, -0.15) is 8.42 Å². The van der Waals surface area contributed by atoms with Gasteiger partial charge in [0.25, 0.3) is 10.1 Å². The van der Waals surface area contributed by atoms with Crippen LogP contribution in [0.4, 0.5) is 0 Å². The smallest absolute Gasteiger partial charge is 0.310 e. The second-order valence-electron chi connectivity index (χ2n) is 6.62. The summed E-state index contributed by atoms with van der Waals surface area (Å²) in [5.74, 6) is -0.405. The van der Waals surface area contributed by atoms with Crippen LogP contribution in [0.3, 0.4) is 0 Å². The molecule has 1 aliphatic carbocycles. The van der Waals surface area contributed by atoms with Crippen LogP contribution < -0.4 is 0 Å². The molecule has 2 atom stereocenters. The van der Waals surface area contributed by atoms with Crippen LogP contribution in [0, 0.1) is 12.8 Å². The third-order valence-corrected chi connectivity index (χ3v) is 4.93. The van der Waals surface area contributed by atoms with Crippen LogP contribution >= 0.6 is 0 Å². The van der Waals surface area contributed by atoms with E-state index in [4.69, 9.17) is 4.74 Å². The van der Waals surface area contributed by atoms with E-state index in [0.717, 1.165) is 18.2 Å². The van der Waals surface area contributed by atoms with Crippen molar-refractivity contribution in [1.82, 2.24) is 0 Å². The maximum Gasteiger partial charge on any atom is 0.310 e. The first kappa shape index (κ1) is 17.0. The Morgan fingerprint density at radius 1 is 1.27 bits per heavy atom. The lowest BCUT2D eigenvalue weighted by Crippen LogP contribution is -2.25. The van der Waals surface area contributed by atoms with E-state index < -0.39 is 15.7 Å². The second-order valence-corrected chi connectivity index (χ2v) is 8.33. The minimum Gasteiger partial charge on any atom is -0.460 e. The van der Waals surface area contributed by atoms with Crippen molar-refractivity contribution in [1.29, 1.82) is 0 Å². The molecule has 1 aromatic rings. The molecule has 0 heterocycles. The molecule has 6 heteroatoms. The van der Waals surface area contributed by atoms with E-state index in [2.05, 4.69) is 4.18 Å².